The molecule has 3 heterocycles. The summed E-state index contributed by atoms with van der Waals surface area (Å²) in [6.45, 7) is 1.60. The molecule has 1 atom stereocenters. The topological polar surface area (TPSA) is 119 Å². The Balaban J connectivity index is 1.65. The van der Waals surface area contributed by atoms with Gasteiger partial charge in [0.05, 0.1) is 31.5 Å². The standard InChI is InChI=1S/C26H19ClN2O7S/c1-12-23(25(33)35-3)37-26(28-12)29-19(13-7-9-15(27)10-8-13)18(21(31)24(29)32)20(30)17-11-14-5-4-6-16(34-2)22(14)36-17/h4-11,19,31H,1-3H3/t19-/m0/s1. The monoisotopic (exact) mass is 538 g/mol. The zero-order valence-electron chi connectivity index (χ0n) is 19.8. The molecular formula is C26H19ClN2O7S. The number of Topliss-reactive ketones (excluding diaryl/α,β-unsaturated/α-hetero) is 1. The first-order valence-electron chi connectivity index (χ1n) is 10.9. The van der Waals surface area contributed by atoms with Crippen LogP contribution in [-0.2, 0) is 9.53 Å². The largest absolute Gasteiger partial charge is 0.503 e. The zero-order valence-corrected chi connectivity index (χ0v) is 21.3. The summed E-state index contributed by atoms with van der Waals surface area (Å²) in [5.74, 6) is -2.54. The van der Waals surface area contributed by atoms with E-state index in [1.807, 2.05) is 0 Å². The molecule has 2 aromatic heterocycles. The van der Waals surface area contributed by atoms with Gasteiger partial charge in [0.2, 0.25) is 5.78 Å². The van der Waals surface area contributed by atoms with Gasteiger partial charge in [-0.15, -0.1) is 0 Å². The molecule has 1 aliphatic heterocycles. The summed E-state index contributed by atoms with van der Waals surface area (Å²) in [5, 5.41) is 12.2. The number of ether oxygens (including phenoxy) is 2. The van der Waals surface area contributed by atoms with Gasteiger partial charge in [-0.2, -0.15) is 0 Å². The Labute approximate surface area is 219 Å². The number of aliphatic hydroxyl groups excluding tert-OH is 1. The SMILES string of the molecule is COC(=O)c1sc(N2C(=O)C(O)=C(C(=O)c3cc4cccc(OC)c4o3)[C@@H]2c2ccc(Cl)cc2)nc1C. The van der Waals surface area contributed by atoms with E-state index in [1.54, 1.807) is 49.4 Å². The average Bonchev–Trinajstić information content (AvgIpc) is 3.57. The molecule has 0 fully saturated rings. The van der Waals surface area contributed by atoms with Crippen LogP contribution in [0.1, 0.15) is 37.5 Å². The first-order valence-corrected chi connectivity index (χ1v) is 12.1. The maximum Gasteiger partial charge on any atom is 0.350 e. The Bertz CT molecular complexity index is 1600. The van der Waals surface area contributed by atoms with E-state index in [4.69, 9.17) is 25.5 Å². The number of hydrogen-bond donors (Lipinski definition) is 1. The molecule has 37 heavy (non-hydrogen) atoms. The molecule has 2 aromatic carbocycles. The van der Waals surface area contributed by atoms with Crippen LogP contribution in [0.3, 0.4) is 0 Å². The number of ketones is 1. The first kappa shape index (κ1) is 24.5. The Kier molecular flexibility index (Phi) is 6.22. The van der Waals surface area contributed by atoms with E-state index in [1.165, 1.54) is 25.2 Å². The molecule has 1 amide bonds. The molecule has 0 saturated carbocycles. The quantitative estimate of drug-likeness (QED) is 0.255. The molecule has 0 aliphatic carbocycles. The van der Waals surface area contributed by atoms with Crippen molar-refractivity contribution < 1.29 is 33.4 Å². The van der Waals surface area contributed by atoms with E-state index in [0.29, 0.717) is 33.0 Å². The van der Waals surface area contributed by atoms with Gasteiger partial charge < -0.3 is 19.0 Å². The lowest BCUT2D eigenvalue weighted by atomic mass is 9.95. The first-order chi connectivity index (χ1) is 17.7. The highest BCUT2D eigenvalue weighted by Gasteiger charge is 2.47. The van der Waals surface area contributed by atoms with Crippen molar-refractivity contribution in [1.29, 1.82) is 0 Å². The fourth-order valence-corrected chi connectivity index (χ4v) is 5.34. The van der Waals surface area contributed by atoms with Gasteiger partial charge in [-0.1, -0.05) is 47.2 Å². The van der Waals surface area contributed by atoms with Gasteiger partial charge in [0.25, 0.3) is 5.91 Å². The lowest BCUT2D eigenvalue weighted by molar-refractivity contribution is -0.117. The number of rotatable bonds is 6. The summed E-state index contributed by atoms with van der Waals surface area (Å²) in [7, 11) is 2.72. The van der Waals surface area contributed by atoms with E-state index in [-0.39, 0.29) is 21.3 Å². The van der Waals surface area contributed by atoms with Crippen LogP contribution in [0.4, 0.5) is 5.13 Å². The second-order valence-electron chi connectivity index (χ2n) is 8.11. The highest BCUT2D eigenvalue weighted by atomic mass is 35.5. The Morgan fingerprint density at radius 2 is 1.89 bits per heavy atom. The van der Waals surface area contributed by atoms with E-state index >= 15 is 0 Å². The number of aliphatic hydroxyl groups is 1. The molecule has 0 radical (unpaired) electrons. The number of aryl methyl sites for hydroxylation is 1. The molecule has 5 rings (SSSR count). The van der Waals surface area contributed by atoms with Crippen LogP contribution in [0.5, 0.6) is 5.75 Å². The van der Waals surface area contributed by atoms with E-state index in [2.05, 4.69) is 4.98 Å². The van der Waals surface area contributed by atoms with Crippen LogP contribution >= 0.6 is 22.9 Å². The number of methoxy groups -OCH3 is 2. The Morgan fingerprint density at radius 3 is 2.57 bits per heavy atom. The number of fused-ring (bicyclic) bond motifs is 1. The van der Waals surface area contributed by atoms with Gasteiger partial charge >= 0.3 is 5.97 Å². The van der Waals surface area contributed by atoms with Crippen molar-refractivity contribution >= 4 is 56.7 Å². The minimum Gasteiger partial charge on any atom is -0.503 e. The highest BCUT2D eigenvalue weighted by Crippen LogP contribution is 2.44. The number of thiazole rings is 1. The number of aromatic nitrogens is 1. The average molecular weight is 539 g/mol. The van der Waals surface area contributed by atoms with Gasteiger partial charge in [-0.25, -0.2) is 9.78 Å². The fraction of sp³-hybridized carbons (Fsp3) is 0.154. The third-order valence-corrected chi connectivity index (χ3v) is 7.34. The van der Waals surface area contributed by atoms with Crippen molar-refractivity contribution in [3.63, 3.8) is 0 Å². The minimum absolute atomic E-state index is 0.0831. The molecular weight excluding hydrogens is 520 g/mol. The summed E-state index contributed by atoms with van der Waals surface area (Å²) in [5.41, 5.74) is 0.998. The maximum atomic E-state index is 13.8. The van der Waals surface area contributed by atoms with Crippen molar-refractivity contribution in [3.05, 3.63) is 86.8 Å². The minimum atomic E-state index is -1.07. The molecule has 1 N–H and O–H groups in total. The number of para-hydroxylation sites is 1. The van der Waals surface area contributed by atoms with Gasteiger partial charge in [0.1, 0.15) is 4.88 Å². The molecule has 9 nitrogen and oxygen atoms in total. The summed E-state index contributed by atoms with van der Waals surface area (Å²) in [6, 6.07) is 12.2. The van der Waals surface area contributed by atoms with Gasteiger partial charge in [0, 0.05) is 10.4 Å². The zero-order chi connectivity index (χ0) is 26.4. The summed E-state index contributed by atoms with van der Waals surface area (Å²) < 4.78 is 15.9. The molecule has 1 aliphatic rings. The molecule has 0 unspecified atom stereocenters. The van der Waals surface area contributed by atoms with Crippen molar-refractivity contribution in [2.45, 2.75) is 13.0 Å². The number of benzene rings is 2. The van der Waals surface area contributed by atoms with Crippen LogP contribution in [0.2, 0.25) is 5.02 Å². The molecule has 188 valence electrons. The smallest absolute Gasteiger partial charge is 0.350 e. The number of amides is 1. The van der Waals surface area contributed by atoms with E-state index < -0.39 is 29.5 Å². The lowest BCUT2D eigenvalue weighted by Gasteiger charge is -2.24. The third-order valence-electron chi connectivity index (χ3n) is 5.95. The van der Waals surface area contributed by atoms with E-state index in [9.17, 15) is 19.5 Å². The third kappa shape index (κ3) is 4.04. The van der Waals surface area contributed by atoms with Crippen LogP contribution < -0.4 is 9.64 Å². The lowest BCUT2D eigenvalue weighted by Crippen LogP contribution is -2.31. The van der Waals surface area contributed by atoms with Crippen LogP contribution in [0.25, 0.3) is 11.0 Å². The number of esters is 1. The predicted molar refractivity (Wildman–Crippen MR) is 137 cm³/mol. The predicted octanol–water partition coefficient (Wildman–Crippen LogP) is 5.43. The summed E-state index contributed by atoms with van der Waals surface area (Å²) >= 11 is 6.99. The number of nitrogens with zero attached hydrogens (tertiary/aromatic N) is 2. The summed E-state index contributed by atoms with van der Waals surface area (Å²) in [4.78, 5) is 45.1. The fourth-order valence-electron chi connectivity index (χ4n) is 4.20. The number of carbonyl (C=O) groups excluding carboxylic acids is 3. The number of anilines is 1. The van der Waals surface area contributed by atoms with Crippen molar-refractivity contribution in [3.8, 4) is 5.75 Å². The number of carbonyl (C=O) groups is 3. The normalized spacial score (nSPS) is 15.5. The van der Waals surface area contributed by atoms with Crippen molar-refractivity contribution in [2.24, 2.45) is 0 Å². The Morgan fingerprint density at radius 1 is 1.16 bits per heavy atom. The number of hydrogen-bond acceptors (Lipinski definition) is 9. The molecule has 11 heteroatoms. The van der Waals surface area contributed by atoms with Crippen LogP contribution in [0.15, 0.2) is 64.3 Å². The van der Waals surface area contributed by atoms with Crippen LogP contribution in [0, 0.1) is 6.92 Å². The molecule has 0 spiro atoms. The van der Waals surface area contributed by atoms with Gasteiger partial charge in [-0.05, 0) is 36.8 Å². The van der Waals surface area contributed by atoms with Crippen LogP contribution in [-0.4, -0.2) is 42.0 Å². The number of furan rings is 1. The van der Waals surface area contributed by atoms with Crippen molar-refractivity contribution in [1.82, 2.24) is 4.98 Å². The molecule has 4 aromatic rings. The van der Waals surface area contributed by atoms with Gasteiger partial charge in [-0.3, -0.25) is 14.5 Å². The molecule has 0 saturated heterocycles. The van der Waals surface area contributed by atoms with Crippen molar-refractivity contribution in [2.75, 3.05) is 19.1 Å². The highest BCUT2D eigenvalue weighted by molar-refractivity contribution is 7.17. The van der Waals surface area contributed by atoms with Gasteiger partial charge in [0.15, 0.2) is 28.0 Å². The second-order valence-corrected chi connectivity index (χ2v) is 9.53. The Hall–Kier alpha value is -4.15. The number of halogens is 1. The van der Waals surface area contributed by atoms with E-state index in [0.717, 1.165) is 11.3 Å². The second kappa shape index (κ2) is 9.38. The molecule has 0 bridgehead atoms. The summed E-state index contributed by atoms with van der Waals surface area (Å²) in [6.07, 6.45) is 0. The maximum absolute atomic E-state index is 13.8.